The van der Waals surface area contributed by atoms with Crippen LogP contribution in [-0.2, 0) is 10.3 Å². The second-order valence-corrected chi connectivity index (χ2v) is 9.01. The topological polar surface area (TPSA) is 68.6 Å². The van der Waals surface area contributed by atoms with E-state index < -0.39 is 0 Å². The van der Waals surface area contributed by atoms with Gasteiger partial charge >= 0.3 is 0 Å². The van der Waals surface area contributed by atoms with Gasteiger partial charge in [0.15, 0.2) is 0 Å². The van der Waals surface area contributed by atoms with Crippen molar-refractivity contribution in [2.45, 2.75) is 30.4 Å². The van der Waals surface area contributed by atoms with Crippen molar-refractivity contribution < 1.29 is 14.3 Å². The normalized spacial score (nSPS) is 23.0. The Morgan fingerprint density at radius 1 is 1.16 bits per heavy atom. The fraction of sp³-hybridized carbons (Fsp3) is 0.360. The third-order valence-electron chi connectivity index (χ3n) is 7.17. The molecule has 164 valence electrons. The van der Waals surface area contributed by atoms with Gasteiger partial charge in [0.05, 0.1) is 36.4 Å². The van der Waals surface area contributed by atoms with Crippen LogP contribution in [0.4, 0.5) is 5.69 Å². The van der Waals surface area contributed by atoms with E-state index in [-0.39, 0.29) is 17.0 Å². The molecule has 7 heteroatoms. The van der Waals surface area contributed by atoms with Gasteiger partial charge in [0, 0.05) is 38.0 Å². The first kappa shape index (κ1) is 19.4. The van der Waals surface area contributed by atoms with Crippen LogP contribution in [-0.4, -0.2) is 52.8 Å². The highest BCUT2D eigenvalue weighted by molar-refractivity contribution is 5.92. The number of hydrogen-bond donors (Lipinski definition) is 1. The number of anilines is 1. The number of carbonyl (C=O) groups is 1. The first-order valence-corrected chi connectivity index (χ1v) is 11.1. The van der Waals surface area contributed by atoms with Crippen LogP contribution in [0.3, 0.4) is 0 Å². The molecule has 3 aliphatic heterocycles. The molecule has 2 aromatic heterocycles. The number of fused-ring (bicyclic) bond motifs is 4. The van der Waals surface area contributed by atoms with Gasteiger partial charge in [0.25, 0.3) is 5.91 Å². The highest BCUT2D eigenvalue weighted by atomic mass is 16.5. The Morgan fingerprint density at radius 3 is 2.81 bits per heavy atom. The molecule has 2 saturated heterocycles. The molecule has 3 aromatic rings. The summed E-state index contributed by atoms with van der Waals surface area (Å²) >= 11 is 0. The van der Waals surface area contributed by atoms with Crippen LogP contribution in [0.5, 0.6) is 5.75 Å². The molecule has 1 unspecified atom stereocenters. The highest BCUT2D eigenvalue weighted by Gasteiger charge is 2.54. The number of aromatic nitrogens is 2. The second-order valence-electron chi connectivity index (χ2n) is 9.01. The van der Waals surface area contributed by atoms with E-state index in [0.29, 0.717) is 25.4 Å². The van der Waals surface area contributed by atoms with Gasteiger partial charge < -0.3 is 24.3 Å². The van der Waals surface area contributed by atoms with Gasteiger partial charge in [-0.05, 0) is 49.2 Å². The van der Waals surface area contributed by atoms with Crippen molar-refractivity contribution >= 4 is 11.6 Å². The number of likely N-dealkylation sites (tertiary alicyclic amines) is 1. The SMILES string of the molecule is COc1ccc2c(c1)NC1(COC3(CCN(C(=O)c4ccccn4)CC3)C1)c1cccn1-2. The maximum Gasteiger partial charge on any atom is 0.272 e. The van der Waals surface area contributed by atoms with E-state index in [9.17, 15) is 4.79 Å². The molecule has 2 fully saturated rings. The number of nitrogens with one attached hydrogen (secondary N) is 1. The first-order valence-electron chi connectivity index (χ1n) is 11.1. The number of hydrogen-bond acceptors (Lipinski definition) is 5. The lowest BCUT2D eigenvalue weighted by Crippen LogP contribution is -2.48. The molecular weight excluding hydrogens is 404 g/mol. The number of piperidine rings is 1. The van der Waals surface area contributed by atoms with Gasteiger partial charge in [0.1, 0.15) is 17.0 Å². The zero-order valence-corrected chi connectivity index (χ0v) is 18.1. The minimum atomic E-state index is -0.296. The van der Waals surface area contributed by atoms with Crippen LogP contribution < -0.4 is 10.1 Å². The Kier molecular flexibility index (Phi) is 4.30. The second kappa shape index (κ2) is 7.10. The Labute approximate surface area is 187 Å². The number of methoxy groups -OCH3 is 1. The van der Waals surface area contributed by atoms with Gasteiger partial charge in [-0.2, -0.15) is 0 Å². The maximum absolute atomic E-state index is 12.8. The number of rotatable bonds is 2. The van der Waals surface area contributed by atoms with Crippen LogP contribution in [0, 0.1) is 0 Å². The van der Waals surface area contributed by atoms with E-state index in [2.05, 4.69) is 45.3 Å². The summed E-state index contributed by atoms with van der Waals surface area (Å²) in [7, 11) is 1.69. The van der Waals surface area contributed by atoms with Crippen molar-refractivity contribution in [1.82, 2.24) is 14.5 Å². The molecule has 1 amide bonds. The number of nitrogens with zero attached hydrogens (tertiary/aromatic N) is 3. The summed E-state index contributed by atoms with van der Waals surface area (Å²) in [5, 5.41) is 3.80. The minimum absolute atomic E-state index is 0.00106. The largest absolute Gasteiger partial charge is 0.497 e. The number of pyridine rings is 1. The van der Waals surface area contributed by atoms with Crippen LogP contribution in [0.15, 0.2) is 60.9 Å². The number of amides is 1. The monoisotopic (exact) mass is 430 g/mol. The van der Waals surface area contributed by atoms with Gasteiger partial charge in [-0.15, -0.1) is 0 Å². The van der Waals surface area contributed by atoms with Crippen molar-refractivity contribution in [3.63, 3.8) is 0 Å². The highest BCUT2D eigenvalue weighted by Crippen LogP contribution is 2.50. The molecular formula is C25H26N4O3. The number of benzene rings is 1. The van der Waals surface area contributed by atoms with E-state index in [1.165, 1.54) is 5.69 Å². The van der Waals surface area contributed by atoms with E-state index in [0.717, 1.165) is 36.4 Å². The van der Waals surface area contributed by atoms with Crippen molar-refractivity contribution in [2.75, 3.05) is 32.1 Å². The van der Waals surface area contributed by atoms with Crippen molar-refractivity contribution in [3.8, 4) is 11.4 Å². The van der Waals surface area contributed by atoms with Crippen molar-refractivity contribution in [3.05, 3.63) is 72.3 Å². The zero-order chi connectivity index (χ0) is 21.8. The minimum Gasteiger partial charge on any atom is -0.497 e. The van der Waals surface area contributed by atoms with Crippen LogP contribution in [0.2, 0.25) is 0 Å². The van der Waals surface area contributed by atoms with Crippen molar-refractivity contribution in [2.24, 2.45) is 0 Å². The summed E-state index contributed by atoms with van der Waals surface area (Å²) in [5.74, 6) is 0.829. The fourth-order valence-electron chi connectivity index (χ4n) is 5.52. The predicted octanol–water partition coefficient (Wildman–Crippen LogP) is 3.60. The average molecular weight is 431 g/mol. The van der Waals surface area contributed by atoms with E-state index in [4.69, 9.17) is 9.47 Å². The van der Waals surface area contributed by atoms with Gasteiger partial charge in [-0.3, -0.25) is 9.78 Å². The third kappa shape index (κ3) is 2.92. The molecule has 3 aliphatic rings. The maximum atomic E-state index is 12.8. The van der Waals surface area contributed by atoms with E-state index in [1.807, 2.05) is 23.1 Å². The summed E-state index contributed by atoms with van der Waals surface area (Å²) in [6, 6.07) is 15.9. The number of carbonyl (C=O) groups excluding carboxylic acids is 1. The molecule has 0 aliphatic carbocycles. The van der Waals surface area contributed by atoms with Crippen molar-refractivity contribution in [1.29, 1.82) is 0 Å². The third-order valence-corrected chi connectivity index (χ3v) is 7.17. The molecule has 0 bridgehead atoms. The average Bonchev–Trinajstić information content (AvgIpc) is 3.46. The zero-order valence-electron chi connectivity index (χ0n) is 18.1. The molecule has 0 radical (unpaired) electrons. The predicted molar refractivity (Wildman–Crippen MR) is 120 cm³/mol. The van der Waals surface area contributed by atoms with Gasteiger partial charge in [-0.25, -0.2) is 0 Å². The summed E-state index contributed by atoms with van der Waals surface area (Å²) in [6.45, 7) is 1.95. The molecule has 6 rings (SSSR count). The summed E-state index contributed by atoms with van der Waals surface area (Å²) < 4.78 is 14.3. The van der Waals surface area contributed by atoms with Crippen LogP contribution >= 0.6 is 0 Å². The summed E-state index contributed by atoms with van der Waals surface area (Å²) in [5.41, 5.74) is 3.36. The summed E-state index contributed by atoms with van der Waals surface area (Å²) in [4.78, 5) is 18.9. The lowest BCUT2D eigenvalue weighted by molar-refractivity contribution is -0.0393. The van der Waals surface area contributed by atoms with Crippen LogP contribution in [0.1, 0.15) is 35.4 Å². The Morgan fingerprint density at radius 2 is 2.03 bits per heavy atom. The Bertz CT molecular complexity index is 1170. The number of ether oxygens (including phenoxy) is 2. The lowest BCUT2D eigenvalue weighted by Gasteiger charge is -2.41. The van der Waals surface area contributed by atoms with E-state index in [1.54, 1.807) is 19.4 Å². The van der Waals surface area contributed by atoms with Gasteiger partial charge in [0.2, 0.25) is 0 Å². The molecule has 5 heterocycles. The molecule has 0 saturated carbocycles. The van der Waals surface area contributed by atoms with Crippen LogP contribution in [0.25, 0.3) is 5.69 Å². The quantitative estimate of drug-likeness (QED) is 0.673. The summed E-state index contributed by atoms with van der Waals surface area (Å²) in [6.07, 6.45) is 6.29. The molecule has 1 aromatic carbocycles. The first-order chi connectivity index (χ1) is 15.6. The Hall–Kier alpha value is -3.32. The fourth-order valence-corrected chi connectivity index (χ4v) is 5.52. The van der Waals surface area contributed by atoms with Gasteiger partial charge in [-0.1, -0.05) is 6.07 Å². The molecule has 2 spiro atoms. The Balaban J connectivity index is 1.24. The molecule has 1 N–H and O–H groups in total. The lowest BCUT2D eigenvalue weighted by atomic mass is 9.79. The molecule has 32 heavy (non-hydrogen) atoms. The molecule has 1 atom stereocenters. The standard InChI is InChI=1S/C25H26N4O3/c1-31-18-7-8-21-20(15-18)27-25(22-6-4-12-29(21)22)16-24(32-17-25)9-13-28(14-10-24)23(30)19-5-2-3-11-26-19/h2-8,11-12,15,27H,9-10,13-14,16-17H2,1H3. The van der Waals surface area contributed by atoms with E-state index >= 15 is 0 Å². The molecule has 7 nitrogen and oxygen atoms in total. The smallest absolute Gasteiger partial charge is 0.272 e.